The molecule has 0 bridgehead atoms. The minimum absolute atomic E-state index is 0.130. The number of nitrogens with zero attached hydrogens (tertiary/aromatic N) is 1. The first-order valence-electron chi connectivity index (χ1n) is 13.0. The van der Waals surface area contributed by atoms with E-state index in [-0.39, 0.29) is 12.5 Å². The van der Waals surface area contributed by atoms with Gasteiger partial charge in [-0.3, -0.25) is 14.5 Å². The molecule has 1 heterocycles. The summed E-state index contributed by atoms with van der Waals surface area (Å²) in [4.78, 5) is 27.2. The average molecular weight is 525 g/mol. The molecule has 206 valence electrons. The Kier molecular flexibility index (Phi) is 9.44. The van der Waals surface area contributed by atoms with E-state index in [0.717, 1.165) is 28.8 Å². The number of carbonyl (C=O) groups is 2. The number of hydrogen-bond donors (Lipinski definition) is 1. The summed E-state index contributed by atoms with van der Waals surface area (Å²) >= 11 is 0. The van der Waals surface area contributed by atoms with Crippen molar-refractivity contribution in [2.45, 2.75) is 67.5 Å². The van der Waals surface area contributed by atoms with E-state index in [1.165, 1.54) is 6.92 Å². The molecule has 1 aliphatic heterocycles. The summed E-state index contributed by atoms with van der Waals surface area (Å²) < 4.78 is 23.0. The van der Waals surface area contributed by atoms with Gasteiger partial charge in [-0.05, 0) is 77.8 Å². The van der Waals surface area contributed by atoms with Crippen LogP contribution in [-0.2, 0) is 9.59 Å². The van der Waals surface area contributed by atoms with E-state index < -0.39 is 5.97 Å². The second kappa shape index (κ2) is 12.3. The van der Waals surface area contributed by atoms with Crippen LogP contribution in [0.25, 0.3) is 6.08 Å². The lowest BCUT2D eigenvalue weighted by molar-refractivity contribution is -0.132. The number of fused-ring (bicyclic) bond motifs is 1. The standard InChI is InChI=1S/C30H40N2O6/c1-17(2)32(18(3)4)12-13-36-27-15-24(10-11-26(27)35-9)31-30(34)23-14-25-21(7)28(38-22(8)33)19(5)20(6)29(25)37-16-23/h10-11,14-15,17-18H,12-13,16H2,1-9H3,(H,31,34). The zero-order valence-corrected chi connectivity index (χ0v) is 24.0. The molecule has 38 heavy (non-hydrogen) atoms. The molecule has 0 atom stereocenters. The van der Waals surface area contributed by atoms with Crippen molar-refractivity contribution in [1.29, 1.82) is 0 Å². The molecule has 0 aromatic heterocycles. The van der Waals surface area contributed by atoms with Crippen LogP contribution in [0.2, 0.25) is 0 Å². The van der Waals surface area contributed by atoms with Gasteiger partial charge in [0.1, 0.15) is 24.7 Å². The number of rotatable bonds is 10. The predicted molar refractivity (Wildman–Crippen MR) is 150 cm³/mol. The summed E-state index contributed by atoms with van der Waals surface area (Å²) in [5.74, 6) is 1.67. The first-order valence-corrected chi connectivity index (χ1v) is 13.0. The summed E-state index contributed by atoms with van der Waals surface area (Å²) in [6.45, 7) is 17.1. The molecule has 8 nitrogen and oxygen atoms in total. The Balaban J connectivity index is 1.80. The molecule has 1 N–H and O–H groups in total. The van der Waals surface area contributed by atoms with Crippen molar-refractivity contribution in [3.8, 4) is 23.0 Å². The number of esters is 1. The van der Waals surface area contributed by atoms with E-state index in [9.17, 15) is 9.59 Å². The molecule has 0 unspecified atom stereocenters. The van der Waals surface area contributed by atoms with Crippen LogP contribution in [-0.4, -0.2) is 55.7 Å². The van der Waals surface area contributed by atoms with E-state index in [2.05, 4.69) is 37.9 Å². The maximum atomic E-state index is 13.2. The molecular weight excluding hydrogens is 484 g/mol. The van der Waals surface area contributed by atoms with E-state index in [4.69, 9.17) is 18.9 Å². The second-order valence-corrected chi connectivity index (χ2v) is 10.1. The van der Waals surface area contributed by atoms with E-state index in [1.807, 2.05) is 20.8 Å². The van der Waals surface area contributed by atoms with Gasteiger partial charge in [-0.2, -0.15) is 0 Å². The number of nitrogens with one attached hydrogen (secondary N) is 1. The van der Waals surface area contributed by atoms with Crippen molar-refractivity contribution < 1.29 is 28.5 Å². The number of hydrogen-bond acceptors (Lipinski definition) is 7. The first kappa shape index (κ1) is 29.0. The van der Waals surface area contributed by atoms with Gasteiger partial charge >= 0.3 is 5.97 Å². The number of methoxy groups -OCH3 is 1. The molecule has 2 aromatic rings. The van der Waals surface area contributed by atoms with Crippen molar-refractivity contribution in [3.63, 3.8) is 0 Å². The van der Waals surface area contributed by atoms with Gasteiger partial charge < -0.3 is 24.3 Å². The maximum absolute atomic E-state index is 13.2. The van der Waals surface area contributed by atoms with Gasteiger partial charge in [0.15, 0.2) is 11.5 Å². The van der Waals surface area contributed by atoms with Gasteiger partial charge in [0.25, 0.3) is 5.91 Å². The molecule has 1 amide bonds. The van der Waals surface area contributed by atoms with Gasteiger partial charge in [0.05, 0.1) is 12.7 Å². The summed E-state index contributed by atoms with van der Waals surface area (Å²) in [7, 11) is 1.59. The molecule has 0 radical (unpaired) electrons. The van der Waals surface area contributed by atoms with Gasteiger partial charge in [0, 0.05) is 48.4 Å². The highest BCUT2D eigenvalue weighted by atomic mass is 16.5. The van der Waals surface area contributed by atoms with Crippen molar-refractivity contribution in [3.05, 3.63) is 46.0 Å². The number of carbonyl (C=O) groups excluding carboxylic acids is 2. The van der Waals surface area contributed by atoms with Crippen LogP contribution >= 0.6 is 0 Å². The molecule has 0 saturated heterocycles. The zero-order chi connectivity index (χ0) is 28.1. The van der Waals surface area contributed by atoms with Crippen molar-refractivity contribution in [2.24, 2.45) is 0 Å². The Bertz CT molecular complexity index is 1220. The number of ether oxygens (including phenoxy) is 4. The Hall–Kier alpha value is -3.52. The number of amides is 1. The lowest BCUT2D eigenvalue weighted by atomic mass is 9.94. The highest BCUT2D eigenvalue weighted by Gasteiger charge is 2.25. The molecule has 3 rings (SSSR count). The van der Waals surface area contributed by atoms with Crippen LogP contribution in [0.5, 0.6) is 23.0 Å². The quantitative estimate of drug-likeness (QED) is 0.326. The fourth-order valence-corrected chi connectivity index (χ4v) is 4.72. The van der Waals surface area contributed by atoms with Gasteiger partial charge in [-0.1, -0.05) is 0 Å². The summed E-state index contributed by atoms with van der Waals surface area (Å²) in [6.07, 6.45) is 1.80. The lowest BCUT2D eigenvalue weighted by Crippen LogP contribution is -2.39. The highest BCUT2D eigenvalue weighted by molar-refractivity contribution is 6.08. The van der Waals surface area contributed by atoms with Crippen LogP contribution in [0, 0.1) is 20.8 Å². The van der Waals surface area contributed by atoms with Crippen LogP contribution < -0.4 is 24.3 Å². The molecule has 8 heteroatoms. The SMILES string of the molecule is COc1ccc(NC(=O)C2=Cc3c(C)c(OC(C)=O)c(C)c(C)c3OC2)cc1OCCN(C(C)C)C(C)C. The maximum Gasteiger partial charge on any atom is 0.308 e. The molecule has 0 saturated carbocycles. The Morgan fingerprint density at radius 3 is 2.32 bits per heavy atom. The second-order valence-electron chi connectivity index (χ2n) is 10.1. The first-order chi connectivity index (χ1) is 17.9. The van der Waals surface area contributed by atoms with Gasteiger partial charge in [-0.25, -0.2) is 0 Å². The summed E-state index contributed by atoms with van der Waals surface area (Å²) in [6, 6.07) is 6.12. The zero-order valence-electron chi connectivity index (χ0n) is 24.0. The van der Waals surface area contributed by atoms with E-state index in [0.29, 0.717) is 52.9 Å². The number of benzene rings is 2. The number of anilines is 1. The normalized spacial score (nSPS) is 12.7. The minimum Gasteiger partial charge on any atom is -0.493 e. The monoisotopic (exact) mass is 524 g/mol. The summed E-state index contributed by atoms with van der Waals surface area (Å²) in [5, 5.41) is 2.94. The topological polar surface area (TPSA) is 86.3 Å². The van der Waals surface area contributed by atoms with Crippen molar-refractivity contribution in [2.75, 3.05) is 32.2 Å². The van der Waals surface area contributed by atoms with Crippen molar-refractivity contribution >= 4 is 23.6 Å². The smallest absolute Gasteiger partial charge is 0.308 e. The van der Waals surface area contributed by atoms with Gasteiger partial charge in [0.2, 0.25) is 0 Å². The van der Waals surface area contributed by atoms with Crippen LogP contribution in [0.3, 0.4) is 0 Å². The third-order valence-electron chi connectivity index (χ3n) is 6.82. The molecule has 1 aliphatic rings. The molecule has 0 spiro atoms. The predicted octanol–water partition coefficient (Wildman–Crippen LogP) is 5.46. The molecule has 0 fully saturated rings. The highest BCUT2D eigenvalue weighted by Crippen LogP contribution is 2.41. The fraction of sp³-hybridized carbons (Fsp3) is 0.467. The van der Waals surface area contributed by atoms with Crippen LogP contribution in [0.15, 0.2) is 23.8 Å². The van der Waals surface area contributed by atoms with Crippen LogP contribution in [0.1, 0.15) is 56.9 Å². The molecular formula is C30H40N2O6. The van der Waals surface area contributed by atoms with Crippen LogP contribution in [0.4, 0.5) is 5.69 Å². The Morgan fingerprint density at radius 2 is 1.71 bits per heavy atom. The average Bonchev–Trinajstić information content (AvgIpc) is 2.87. The molecule has 0 aliphatic carbocycles. The lowest BCUT2D eigenvalue weighted by Gasteiger charge is -2.30. The van der Waals surface area contributed by atoms with Gasteiger partial charge in [-0.15, -0.1) is 0 Å². The Morgan fingerprint density at radius 1 is 1.03 bits per heavy atom. The molecule has 2 aromatic carbocycles. The minimum atomic E-state index is -0.395. The fourth-order valence-electron chi connectivity index (χ4n) is 4.72. The largest absolute Gasteiger partial charge is 0.493 e. The van der Waals surface area contributed by atoms with Crippen molar-refractivity contribution in [1.82, 2.24) is 4.90 Å². The third kappa shape index (κ3) is 6.48. The third-order valence-corrected chi connectivity index (χ3v) is 6.82. The van der Waals surface area contributed by atoms with E-state index >= 15 is 0 Å². The Labute approximate surface area is 225 Å². The van der Waals surface area contributed by atoms with E-state index in [1.54, 1.807) is 31.4 Å². The summed E-state index contributed by atoms with van der Waals surface area (Å²) in [5.41, 5.74) is 4.25.